The van der Waals surface area contributed by atoms with E-state index in [4.69, 9.17) is 0 Å². The van der Waals surface area contributed by atoms with Crippen molar-refractivity contribution in [2.45, 2.75) is 53.9 Å². The molecule has 0 amide bonds. The van der Waals surface area contributed by atoms with Crippen LogP contribution in [0.1, 0.15) is 44.6 Å². The number of hydrogen-bond acceptors (Lipinski definition) is 0. The molecule has 0 aromatic heterocycles. The van der Waals surface area contributed by atoms with Gasteiger partial charge in [0.2, 0.25) is 0 Å². The molecule has 0 saturated carbocycles. The normalized spacial score (nSPS) is 11.7. The zero-order valence-corrected chi connectivity index (χ0v) is 14.7. The van der Waals surface area contributed by atoms with Crippen molar-refractivity contribution in [3.8, 4) is 0 Å². The van der Waals surface area contributed by atoms with E-state index in [-0.39, 0.29) is 0 Å². The van der Waals surface area contributed by atoms with Crippen molar-refractivity contribution in [1.29, 1.82) is 0 Å². The predicted molar refractivity (Wildman–Crippen MR) is 80.1 cm³/mol. The molecule has 0 heterocycles. The molecular weight excluding hydrogens is 338 g/mol. The van der Waals surface area contributed by atoms with Gasteiger partial charge in [-0.25, -0.2) is 0 Å². The molecule has 17 heavy (non-hydrogen) atoms. The molecule has 1 aromatic rings. The number of hydrogen-bond donors (Lipinski definition) is 0. The van der Waals surface area contributed by atoms with E-state index in [1.807, 2.05) is 0 Å². The molecular formula is C15H24Se2. The Hall–Kier alpha value is 0.259. The molecule has 0 N–H and O–H groups in total. The van der Waals surface area contributed by atoms with E-state index >= 15 is 0 Å². The van der Waals surface area contributed by atoms with Gasteiger partial charge in [0.05, 0.1) is 0 Å². The standard InChI is InChI=1S/C15H24Se2/c1-4-5-6-10-13-15(16-2,17-3)14-11-8-7-9-12-14/h7-9,11-12H,4-6,10,13H2,1-3H3. The summed E-state index contributed by atoms with van der Waals surface area (Å²) in [5.41, 5.74) is 1.60. The molecule has 0 aliphatic heterocycles. The summed E-state index contributed by atoms with van der Waals surface area (Å²) in [4.78, 5) is 0. The third-order valence-corrected chi connectivity index (χ3v) is 11.5. The van der Waals surface area contributed by atoms with Crippen LogP contribution in [0.3, 0.4) is 0 Å². The first kappa shape index (κ1) is 15.3. The van der Waals surface area contributed by atoms with Crippen LogP contribution in [-0.4, -0.2) is 29.9 Å². The predicted octanol–water partition coefficient (Wildman–Crippen LogP) is 4.31. The molecule has 1 rings (SSSR count). The third kappa shape index (κ3) is 4.45. The Bertz CT molecular complexity index is 291. The molecule has 0 unspecified atom stereocenters. The second kappa shape index (κ2) is 8.38. The Morgan fingerprint density at radius 3 is 2.12 bits per heavy atom. The first-order valence-electron chi connectivity index (χ1n) is 6.45. The van der Waals surface area contributed by atoms with Crippen molar-refractivity contribution >= 4 is 29.9 Å². The van der Waals surface area contributed by atoms with Gasteiger partial charge in [-0.1, -0.05) is 0 Å². The van der Waals surface area contributed by atoms with Gasteiger partial charge in [-0.2, -0.15) is 0 Å². The molecule has 1 aromatic carbocycles. The Kier molecular flexibility index (Phi) is 7.55. The van der Waals surface area contributed by atoms with Crippen molar-refractivity contribution in [3.63, 3.8) is 0 Å². The van der Waals surface area contributed by atoms with Crippen molar-refractivity contribution in [2.75, 3.05) is 0 Å². The second-order valence-corrected chi connectivity index (χ2v) is 10.3. The van der Waals surface area contributed by atoms with Crippen LogP contribution < -0.4 is 0 Å². The molecule has 0 radical (unpaired) electrons. The molecule has 0 bridgehead atoms. The van der Waals surface area contributed by atoms with E-state index in [1.54, 1.807) is 5.56 Å². The summed E-state index contributed by atoms with van der Waals surface area (Å²) in [6.45, 7) is 2.29. The van der Waals surface area contributed by atoms with Gasteiger partial charge < -0.3 is 0 Å². The monoisotopic (exact) mass is 364 g/mol. The van der Waals surface area contributed by atoms with Crippen LogP contribution >= 0.6 is 0 Å². The molecule has 0 nitrogen and oxygen atoms in total. The summed E-state index contributed by atoms with van der Waals surface area (Å²) in [5, 5.41) is 0. The first-order chi connectivity index (χ1) is 8.29. The average molecular weight is 362 g/mol. The maximum atomic E-state index is 2.42. The Labute approximate surface area is 119 Å². The Morgan fingerprint density at radius 2 is 1.59 bits per heavy atom. The number of unbranched alkanes of at least 4 members (excludes halogenated alkanes) is 3. The molecule has 0 saturated heterocycles. The van der Waals surface area contributed by atoms with E-state index in [0.717, 1.165) is 29.9 Å². The molecule has 2 heteroatoms. The zero-order valence-electron chi connectivity index (χ0n) is 11.2. The summed E-state index contributed by atoms with van der Waals surface area (Å²) in [7, 11) is 0. The van der Waals surface area contributed by atoms with Crippen molar-refractivity contribution in [3.05, 3.63) is 35.9 Å². The summed E-state index contributed by atoms with van der Waals surface area (Å²) in [6, 6.07) is 11.2. The third-order valence-electron chi connectivity index (χ3n) is 3.23. The van der Waals surface area contributed by atoms with Gasteiger partial charge in [-0.05, 0) is 0 Å². The van der Waals surface area contributed by atoms with Crippen LogP contribution in [0.25, 0.3) is 0 Å². The summed E-state index contributed by atoms with van der Waals surface area (Å²) in [5.74, 6) is 4.84. The van der Waals surface area contributed by atoms with E-state index in [0.29, 0.717) is 3.21 Å². The van der Waals surface area contributed by atoms with Gasteiger partial charge in [-0.3, -0.25) is 0 Å². The fourth-order valence-electron chi connectivity index (χ4n) is 2.14. The minimum absolute atomic E-state index is 0.551. The molecule has 96 valence electrons. The van der Waals surface area contributed by atoms with E-state index < -0.39 is 0 Å². The van der Waals surface area contributed by atoms with Crippen LogP contribution in [0.15, 0.2) is 30.3 Å². The Balaban J connectivity index is 2.68. The van der Waals surface area contributed by atoms with Gasteiger partial charge in [-0.15, -0.1) is 0 Å². The number of rotatable bonds is 8. The van der Waals surface area contributed by atoms with Gasteiger partial charge >= 0.3 is 120 Å². The molecule has 0 fully saturated rings. The van der Waals surface area contributed by atoms with Crippen molar-refractivity contribution < 1.29 is 0 Å². The summed E-state index contributed by atoms with van der Waals surface area (Å²) < 4.78 is 0.551. The van der Waals surface area contributed by atoms with Crippen LogP contribution in [0.2, 0.25) is 11.6 Å². The maximum absolute atomic E-state index is 2.42. The first-order valence-corrected chi connectivity index (χ1v) is 11.6. The summed E-state index contributed by atoms with van der Waals surface area (Å²) >= 11 is 1.44. The molecule has 0 aliphatic rings. The SMILES string of the molecule is CCCCCCC([Se]C)([Se]C)c1ccccc1. The van der Waals surface area contributed by atoms with E-state index in [9.17, 15) is 0 Å². The molecule has 0 spiro atoms. The van der Waals surface area contributed by atoms with E-state index in [2.05, 4.69) is 48.9 Å². The Morgan fingerprint density at radius 1 is 0.941 bits per heavy atom. The van der Waals surface area contributed by atoms with Crippen molar-refractivity contribution in [2.24, 2.45) is 0 Å². The van der Waals surface area contributed by atoms with Gasteiger partial charge in [0.25, 0.3) is 0 Å². The molecule has 0 aliphatic carbocycles. The zero-order chi connectivity index (χ0) is 12.6. The van der Waals surface area contributed by atoms with E-state index in [1.165, 1.54) is 32.1 Å². The number of benzene rings is 1. The van der Waals surface area contributed by atoms with Gasteiger partial charge in [0.1, 0.15) is 0 Å². The topological polar surface area (TPSA) is 0 Å². The fourth-order valence-corrected chi connectivity index (χ4v) is 7.33. The van der Waals surface area contributed by atoms with Crippen LogP contribution in [-0.2, 0) is 3.21 Å². The van der Waals surface area contributed by atoms with Crippen LogP contribution in [0, 0.1) is 0 Å². The fraction of sp³-hybridized carbons (Fsp3) is 0.600. The quantitative estimate of drug-likeness (QED) is 0.477. The van der Waals surface area contributed by atoms with Crippen molar-refractivity contribution in [1.82, 2.24) is 0 Å². The molecule has 0 atom stereocenters. The van der Waals surface area contributed by atoms with Gasteiger partial charge in [0, 0.05) is 0 Å². The van der Waals surface area contributed by atoms with Crippen LogP contribution in [0.5, 0.6) is 0 Å². The average Bonchev–Trinajstić information content (AvgIpc) is 2.41. The van der Waals surface area contributed by atoms with Crippen LogP contribution in [0.4, 0.5) is 0 Å². The second-order valence-electron chi connectivity index (χ2n) is 4.34. The summed E-state index contributed by atoms with van der Waals surface area (Å²) in [6.07, 6.45) is 6.97. The minimum atomic E-state index is 0.551. The van der Waals surface area contributed by atoms with Gasteiger partial charge in [0.15, 0.2) is 0 Å².